The van der Waals surface area contributed by atoms with Crippen molar-refractivity contribution >= 4 is 17.6 Å². The maximum atomic E-state index is 6.04. The van der Waals surface area contributed by atoms with Gasteiger partial charge in [-0.05, 0) is 24.5 Å². The maximum absolute atomic E-state index is 6.04. The molecule has 0 saturated heterocycles. The Bertz CT molecular complexity index is 829. The Morgan fingerprint density at radius 1 is 1.31 bits per heavy atom. The molecule has 1 aromatic heterocycles. The molecule has 1 aromatic rings. The molecule has 0 saturated carbocycles. The summed E-state index contributed by atoms with van der Waals surface area (Å²) in [6.07, 6.45) is 12.9. The van der Waals surface area contributed by atoms with E-state index in [2.05, 4.69) is 34.2 Å². The summed E-state index contributed by atoms with van der Waals surface area (Å²) in [4.78, 5) is 12.4. The van der Waals surface area contributed by atoms with Crippen LogP contribution >= 0.6 is 0 Å². The lowest BCUT2D eigenvalue weighted by molar-refractivity contribution is 0.310. The van der Waals surface area contributed by atoms with E-state index >= 15 is 0 Å². The monoisotopic (exact) mass is 349 g/mol. The summed E-state index contributed by atoms with van der Waals surface area (Å²) in [5.74, 6) is 0.675. The van der Waals surface area contributed by atoms with Crippen molar-refractivity contribution in [1.82, 2.24) is 4.98 Å². The number of nitrogens with zero attached hydrogens (tertiary/aromatic N) is 3. The van der Waals surface area contributed by atoms with Gasteiger partial charge < -0.3 is 16.2 Å². The van der Waals surface area contributed by atoms with E-state index in [4.69, 9.17) is 16.2 Å². The van der Waals surface area contributed by atoms with Crippen LogP contribution in [0.25, 0.3) is 5.57 Å². The van der Waals surface area contributed by atoms with Gasteiger partial charge in [-0.15, -0.1) is 0 Å². The third-order valence-corrected chi connectivity index (χ3v) is 3.64. The number of pyridine rings is 1. The number of amidine groups is 1. The number of allylic oxidation sites excluding steroid dienone is 4. The van der Waals surface area contributed by atoms with Gasteiger partial charge in [0.25, 0.3) is 0 Å². The lowest BCUT2D eigenvalue weighted by atomic mass is 10.1. The molecule has 26 heavy (non-hydrogen) atoms. The predicted molar refractivity (Wildman–Crippen MR) is 107 cm³/mol. The number of aromatic nitrogens is 1. The standard InChI is InChI=1S/C20H23N5O/c1-14(17-10-7-11-24-13-17)12-25-20(23-3)18(21)19(22)26-15(2)16-8-5-4-6-9-16/h5,7-13H,1-2,4,6,21-22H2,3H3. The highest BCUT2D eigenvalue weighted by atomic mass is 16.5. The van der Waals surface area contributed by atoms with Crippen molar-refractivity contribution in [3.05, 3.63) is 84.4 Å². The van der Waals surface area contributed by atoms with E-state index in [1.54, 1.807) is 25.7 Å². The van der Waals surface area contributed by atoms with Crippen LogP contribution in [0.4, 0.5) is 0 Å². The zero-order chi connectivity index (χ0) is 18.9. The molecule has 6 heteroatoms. The van der Waals surface area contributed by atoms with Crippen LogP contribution in [-0.2, 0) is 4.74 Å². The molecule has 1 heterocycles. The zero-order valence-corrected chi connectivity index (χ0v) is 14.9. The molecule has 1 aliphatic rings. The molecule has 0 bridgehead atoms. The topological polar surface area (TPSA) is 98.9 Å². The number of hydrogen-bond acceptors (Lipinski definition) is 5. The van der Waals surface area contributed by atoms with Crippen LogP contribution in [0.15, 0.2) is 88.8 Å². The Morgan fingerprint density at radius 2 is 2.12 bits per heavy atom. The second-order valence-corrected chi connectivity index (χ2v) is 5.51. The summed E-state index contributed by atoms with van der Waals surface area (Å²) in [7, 11) is 1.57. The Hall–Kier alpha value is -3.41. The van der Waals surface area contributed by atoms with Crippen LogP contribution in [0.5, 0.6) is 0 Å². The quantitative estimate of drug-likeness (QED) is 0.468. The molecule has 0 aromatic carbocycles. The molecule has 0 spiro atoms. The van der Waals surface area contributed by atoms with Crippen LogP contribution in [0, 0.1) is 0 Å². The third-order valence-electron chi connectivity index (χ3n) is 3.64. The van der Waals surface area contributed by atoms with Crippen molar-refractivity contribution in [3.63, 3.8) is 0 Å². The second kappa shape index (κ2) is 9.17. The van der Waals surface area contributed by atoms with Gasteiger partial charge in [0, 0.05) is 36.8 Å². The van der Waals surface area contributed by atoms with E-state index < -0.39 is 0 Å². The highest BCUT2D eigenvalue weighted by Gasteiger charge is 2.11. The Labute approximate surface area is 153 Å². The highest BCUT2D eigenvalue weighted by molar-refractivity contribution is 6.15. The van der Waals surface area contributed by atoms with Crippen molar-refractivity contribution in [1.29, 1.82) is 0 Å². The number of ether oxygens (including phenoxy) is 1. The van der Waals surface area contributed by atoms with Crippen molar-refractivity contribution in [3.8, 4) is 0 Å². The molecule has 0 atom stereocenters. The van der Waals surface area contributed by atoms with Gasteiger partial charge in [0.05, 0.1) is 0 Å². The van der Waals surface area contributed by atoms with Crippen molar-refractivity contribution in [2.75, 3.05) is 7.05 Å². The first-order chi connectivity index (χ1) is 12.5. The summed E-state index contributed by atoms with van der Waals surface area (Å²) >= 11 is 0. The molecule has 2 rings (SSSR count). The van der Waals surface area contributed by atoms with Crippen LogP contribution in [-0.4, -0.2) is 24.1 Å². The number of hydrogen-bond donors (Lipinski definition) is 2. The average Bonchev–Trinajstić information content (AvgIpc) is 2.69. The Kier molecular flexibility index (Phi) is 6.68. The van der Waals surface area contributed by atoms with E-state index in [9.17, 15) is 0 Å². The van der Waals surface area contributed by atoms with E-state index in [0.29, 0.717) is 11.3 Å². The summed E-state index contributed by atoms with van der Waals surface area (Å²) in [5, 5.41) is 0. The van der Waals surface area contributed by atoms with Gasteiger partial charge >= 0.3 is 0 Å². The lowest BCUT2D eigenvalue weighted by Crippen LogP contribution is -2.19. The summed E-state index contributed by atoms with van der Waals surface area (Å²) < 4.78 is 5.56. The molecule has 0 aliphatic heterocycles. The van der Waals surface area contributed by atoms with Crippen molar-refractivity contribution in [2.24, 2.45) is 21.5 Å². The largest absolute Gasteiger partial charge is 0.439 e. The zero-order valence-electron chi connectivity index (χ0n) is 14.9. The first kappa shape index (κ1) is 18.9. The SMILES string of the molecule is C=C(OC(N)=C(N)C(N=CC(=C)c1cccnc1)=NC)C1=CCCC=C1. The minimum absolute atomic E-state index is 0.000358. The Balaban J connectivity index is 2.10. The molecule has 1 aliphatic carbocycles. The molecule has 6 nitrogen and oxygen atoms in total. The van der Waals surface area contributed by atoms with Gasteiger partial charge in [-0.3, -0.25) is 9.98 Å². The van der Waals surface area contributed by atoms with E-state index in [-0.39, 0.29) is 17.4 Å². The summed E-state index contributed by atoms with van der Waals surface area (Å²) in [6, 6.07) is 3.71. The minimum Gasteiger partial charge on any atom is -0.439 e. The minimum atomic E-state index is -0.000358. The van der Waals surface area contributed by atoms with E-state index in [1.165, 1.54) is 0 Å². The Morgan fingerprint density at radius 3 is 2.73 bits per heavy atom. The lowest BCUT2D eigenvalue weighted by Gasteiger charge is -2.13. The second-order valence-electron chi connectivity index (χ2n) is 5.51. The van der Waals surface area contributed by atoms with Crippen LogP contribution in [0.3, 0.4) is 0 Å². The average molecular weight is 349 g/mol. The predicted octanol–water partition coefficient (Wildman–Crippen LogP) is 3.09. The fourth-order valence-corrected chi connectivity index (χ4v) is 2.19. The van der Waals surface area contributed by atoms with E-state index in [0.717, 1.165) is 24.0 Å². The van der Waals surface area contributed by atoms with Gasteiger partial charge in [0.1, 0.15) is 11.5 Å². The van der Waals surface area contributed by atoms with Gasteiger partial charge in [-0.1, -0.05) is 37.5 Å². The molecular formula is C20H23N5O. The first-order valence-electron chi connectivity index (χ1n) is 8.12. The van der Waals surface area contributed by atoms with Gasteiger partial charge in [-0.2, -0.15) is 0 Å². The molecule has 0 amide bonds. The maximum Gasteiger partial charge on any atom is 0.217 e. The number of aliphatic imine (C=N–C) groups is 2. The van der Waals surface area contributed by atoms with Gasteiger partial charge in [0.15, 0.2) is 5.84 Å². The van der Waals surface area contributed by atoms with Crippen LogP contribution in [0.2, 0.25) is 0 Å². The molecular weight excluding hydrogens is 326 g/mol. The highest BCUT2D eigenvalue weighted by Crippen LogP contribution is 2.19. The van der Waals surface area contributed by atoms with Crippen LogP contribution < -0.4 is 11.5 Å². The molecule has 0 radical (unpaired) electrons. The molecule has 134 valence electrons. The fourth-order valence-electron chi connectivity index (χ4n) is 2.19. The van der Waals surface area contributed by atoms with Crippen molar-refractivity contribution < 1.29 is 4.74 Å². The van der Waals surface area contributed by atoms with Crippen molar-refractivity contribution in [2.45, 2.75) is 12.8 Å². The van der Waals surface area contributed by atoms with Gasteiger partial charge in [0.2, 0.25) is 5.88 Å². The molecule has 0 unspecified atom stereocenters. The van der Waals surface area contributed by atoms with Crippen LogP contribution in [0.1, 0.15) is 18.4 Å². The molecule has 4 N–H and O–H groups in total. The molecule has 0 fully saturated rings. The number of nitrogens with two attached hydrogens (primary N) is 2. The fraction of sp³-hybridized carbons (Fsp3) is 0.150. The summed E-state index contributed by atoms with van der Waals surface area (Å²) in [5.41, 5.74) is 14.5. The van der Waals surface area contributed by atoms with E-state index in [1.807, 2.05) is 24.3 Å². The smallest absolute Gasteiger partial charge is 0.217 e. The van der Waals surface area contributed by atoms with Gasteiger partial charge in [-0.25, -0.2) is 4.99 Å². The summed E-state index contributed by atoms with van der Waals surface area (Å²) in [6.45, 7) is 7.84. The normalized spacial score (nSPS) is 15.4. The third kappa shape index (κ3) is 5.04. The number of rotatable bonds is 6. The first-order valence-corrected chi connectivity index (χ1v) is 8.12.